The topological polar surface area (TPSA) is 208 Å². The minimum atomic E-state index is -1.97. The second-order valence-electron chi connectivity index (χ2n) is 18.6. The lowest BCUT2D eigenvalue weighted by Crippen LogP contribution is -2.61. The number of ether oxygens (including phenoxy) is 7. The monoisotopic (exact) mass is 869 g/mol. The molecule has 5 N–H and O–H groups in total. The lowest BCUT2D eigenvalue weighted by molar-refractivity contribution is -0.317. The van der Waals surface area contributed by atoms with Crippen molar-refractivity contribution in [3.8, 4) is 5.75 Å². The Balaban J connectivity index is 1.82. The van der Waals surface area contributed by atoms with E-state index < -0.39 is 102 Å². The SMILES string of the molecule is CC[C@H]1OC(=O)[C@H](C)[C@@H](O[C@H]2C[C@@](C)(OC)[C@@H](O)[C@H](C)O2)[C@H](C)[C@@H](O[C@@H]2O[C@H](C)C[C@H](N(C)C)[C@H]2O)[C@](C)(O)C[C@@H](C)/C(=N\OCCOc2ccccc2)[C@H](C)[C@@H](O)[C@]1(C)O. The number of methoxy groups -OCH3 is 1. The Morgan fingerprint density at radius 2 is 1.54 bits per heavy atom. The molecule has 3 heterocycles. The molecular formula is C45H76N2O14. The number of hydrogen-bond donors (Lipinski definition) is 5. The zero-order chi connectivity index (χ0) is 45.6. The van der Waals surface area contributed by atoms with E-state index in [1.807, 2.05) is 63.2 Å². The van der Waals surface area contributed by atoms with Crippen molar-refractivity contribution in [3.63, 3.8) is 0 Å². The van der Waals surface area contributed by atoms with Crippen molar-refractivity contribution in [1.29, 1.82) is 0 Å². The molecule has 3 aliphatic rings. The molecule has 350 valence electrons. The van der Waals surface area contributed by atoms with E-state index in [0.717, 1.165) is 0 Å². The van der Waals surface area contributed by atoms with E-state index in [1.54, 1.807) is 48.5 Å². The summed E-state index contributed by atoms with van der Waals surface area (Å²) in [5.41, 5.74) is -4.46. The van der Waals surface area contributed by atoms with Crippen LogP contribution < -0.4 is 4.74 Å². The number of likely N-dealkylation sites (N-methyl/N-ethyl adjacent to an activating group) is 1. The van der Waals surface area contributed by atoms with E-state index in [9.17, 15) is 30.3 Å². The number of oxime groups is 1. The number of carbonyl (C=O) groups excluding carboxylic acids is 1. The predicted octanol–water partition coefficient (Wildman–Crippen LogP) is 3.67. The van der Waals surface area contributed by atoms with Gasteiger partial charge in [-0.15, -0.1) is 0 Å². The van der Waals surface area contributed by atoms with Gasteiger partial charge in [-0.1, -0.05) is 51.0 Å². The van der Waals surface area contributed by atoms with Gasteiger partial charge in [0.1, 0.15) is 36.3 Å². The highest BCUT2D eigenvalue weighted by Crippen LogP contribution is 2.41. The Labute approximate surface area is 362 Å². The number of para-hydroxylation sites is 1. The van der Waals surface area contributed by atoms with Crippen molar-refractivity contribution in [2.45, 2.75) is 179 Å². The fourth-order valence-electron chi connectivity index (χ4n) is 9.43. The third-order valence-electron chi connectivity index (χ3n) is 13.2. The first-order chi connectivity index (χ1) is 28.5. The molecule has 1 aromatic rings. The maximum atomic E-state index is 14.4. The van der Waals surface area contributed by atoms with E-state index in [4.69, 9.17) is 38.0 Å². The Morgan fingerprint density at radius 1 is 0.885 bits per heavy atom. The summed E-state index contributed by atoms with van der Waals surface area (Å²) < 4.78 is 43.6. The van der Waals surface area contributed by atoms with E-state index in [2.05, 4.69) is 5.16 Å². The quantitative estimate of drug-likeness (QED) is 0.115. The molecule has 0 bridgehead atoms. The van der Waals surface area contributed by atoms with Crippen molar-refractivity contribution < 1.29 is 68.3 Å². The predicted molar refractivity (Wildman–Crippen MR) is 227 cm³/mol. The molecule has 0 radical (unpaired) electrons. The van der Waals surface area contributed by atoms with Crippen LogP contribution >= 0.6 is 0 Å². The summed E-state index contributed by atoms with van der Waals surface area (Å²) in [6.07, 6.45) is -9.47. The van der Waals surface area contributed by atoms with Crippen LogP contribution in [-0.2, 0) is 38.1 Å². The Bertz CT molecular complexity index is 1550. The molecule has 3 fully saturated rings. The van der Waals surface area contributed by atoms with Crippen LogP contribution in [-0.4, -0.2) is 161 Å². The molecule has 0 aromatic heterocycles. The van der Waals surface area contributed by atoms with Crippen molar-refractivity contribution in [3.05, 3.63) is 30.3 Å². The van der Waals surface area contributed by atoms with Gasteiger partial charge < -0.3 is 68.4 Å². The van der Waals surface area contributed by atoms with Crippen LogP contribution in [0.1, 0.15) is 94.9 Å². The first-order valence-electron chi connectivity index (χ1n) is 21.9. The molecule has 0 spiro atoms. The van der Waals surface area contributed by atoms with Crippen LogP contribution in [0.5, 0.6) is 5.75 Å². The van der Waals surface area contributed by atoms with Crippen LogP contribution in [0, 0.1) is 23.7 Å². The van der Waals surface area contributed by atoms with Crippen molar-refractivity contribution in [2.75, 3.05) is 34.4 Å². The summed E-state index contributed by atoms with van der Waals surface area (Å²) in [4.78, 5) is 22.1. The first kappa shape index (κ1) is 51.2. The lowest BCUT2D eigenvalue weighted by atomic mass is 9.73. The van der Waals surface area contributed by atoms with Crippen molar-refractivity contribution in [2.24, 2.45) is 28.8 Å². The van der Waals surface area contributed by atoms with Crippen LogP contribution in [0.25, 0.3) is 0 Å². The summed E-state index contributed by atoms with van der Waals surface area (Å²) in [5, 5.41) is 64.0. The van der Waals surface area contributed by atoms with Gasteiger partial charge in [0.2, 0.25) is 0 Å². The van der Waals surface area contributed by atoms with Gasteiger partial charge in [-0.3, -0.25) is 4.79 Å². The molecule has 0 saturated carbocycles. The summed E-state index contributed by atoms with van der Waals surface area (Å²) in [6, 6.07) is 8.92. The number of hydrogen-bond acceptors (Lipinski definition) is 16. The average Bonchev–Trinajstić information content (AvgIpc) is 3.20. The molecule has 0 amide bonds. The largest absolute Gasteiger partial charge is 0.490 e. The first-order valence-corrected chi connectivity index (χ1v) is 21.9. The van der Waals surface area contributed by atoms with E-state index in [0.29, 0.717) is 17.9 Å². The highest BCUT2D eigenvalue weighted by Gasteiger charge is 2.53. The second-order valence-corrected chi connectivity index (χ2v) is 18.6. The smallest absolute Gasteiger partial charge is 0.311 e. The summed E-state index contributed by atoms with van der Waals surface area (Å²) >= 11 is 0. The molecule has 16 heteroatoms. The Morgan fingerprint density at radius 3 is 2.15 bits per heavy atom. The zero-order valence-corrected chi connectivity index (χ0v) is 38.6. The van der Waals surface area contributed by atoms with Crippen molar-refractivity contribution >= 4 is 11.7 Å². The number of aliphatic hydroxyl groups excluding tert-OH is 3. The maximum absolute atomic E-state index is 14.4. The molecule has 1 aromatic carbocycles. The van der Waals surface area contributed by atoms with Gasteiger partial charge in [0.25, 0.3) is 0 Å². The average molecular weight is 869 g/mol. The molecule has 16 nitrogen and oxygen atoms in total. The molecule has 3 saturated heterocycles. The van der Waals surface area contributed by atoms with E-state index in [-0.39, 0.29) is 44.6 Å². The van der Waals surface area contributed by atoms with Crippen LogP contribution in [0.4, 0.5) is 0 Å². The minimum Gasteiger partial charge on any atom is -0.490 e. The van der Waals surface area contributed by atoms with E-state index >= 15 is 0 Å². The van der Waals surface area contributed by atoms with Gasteiger partial charge in [0, 0.05) is 37.3 Å². The van der Waals surface area contributed by atoms with Gasteiger partial charge in [0.05, 0.1) is 53.4 Å². The normalized spacial score (nSPS) is 44.0. The van der Waals surface area contributed by atoms with Gasteiger partial charge >= 0.3 is 5.97 Å². The molecule has 18 atom stereocenters. The number of aliphatic hydroxyl groups is 5. The molecule has 4 rings (SSSR count). The molecule has 0 aliphatic carbocycles. The zero-order valence-electron chi connectivity index (χ0n) is 38.6. The number of rotatable bonds is 12. The highest BCUT2D eigenvalue weighted by atomic mass is 16.7. The number of esters is 1. The van der Waals surface area contributed by atoms with Gasteiger partial charge in [-0.05, 0) is 87.0 Å². The van der Waals surface area contributed by atoms with Gasteiger partial charge in [-0.25, -0.2) is 0 Å². The Kier molecular flexibility index (Phi) is 18.0. The third kappa shape index (κ3) is 12.2. The summed E-state index contributed by atoms with van der Waals surface area (Å²) in [5.74, 6) is -3.46. The second kappa shape index (κ2) is 21.5. The number of cyclic esters (lactones) is 1. The highest BCUT2D eigenvalue weighted by molar-refractivity contribution is 5.88. The lowest BCUT2D eigenvalue weighted by Gasteiger charge is -2.49. The standard InChI is InChI=1S/C45H76N2O14/c1-14-33-45(10,53)38(49)27(4)35(46-56-21-20-55-31-18-16-15-17-19-31)25(2)23-43(8,52)40(61-42-36(48)32(47(11)12)22-26(3)57-42)28(5)37(29(6)41(51)59-33)60-34-24-44(9,54-13)39(50)30(7)58-34/h15-19,25-30,32-34,36-40,42,48-50,52-53H,14,20-24H2,1-13H3/b46-35+/t25-,26-,27+,28+,29-,30+,32+,33-,34+,36-,37+,38-,39+,40-,42+,43-,44-,45-/m1/s1. The minimum absolute atomic E-state index is 0.0208. The molecular weight excluding hydrogens is 792 g/mol. The van der Waals surface area contributed by atoms with Gasteiger partial charge in [-0.2, -0.15) is 0 Å². The number of benzene rings is 1. The maximum Gasteiger partial charge on any atom is 0.311 e. The molecule has 3 aliphatic heterocycles. The number of carbonyl (C=O) groups is 1. The third-order valence-corrected chi connectivity index (χ3v) is 13.2. The summed E-state index contributed by atoms with van der Waals surface area (Å²) in [6.45, 7) is 17.3. The van der Waals surface area contributed by atoms with E-state index in [1.165, 1.54) is 14.0 Å². The van der Waals surface area contributed by atoms with Gasteiger partial charge in [0.15, 0.2) is 19.2 Å². The van der Waals surface area contributed by atoms with Crippen LogP contribution in [0.3, 0.4) is 0 Å². The summed E-state index contributed by atoms with van der Waals surface area (Å²) in [7, 11) is 5.23. The fourth-order valence-corrected chi connectivity index (χ4v) is 9.43. The molecule has 61 heavy (non-hydrogen) atoms. The van der Waals surface area contributed by atoms with Crippen LogP contribution in [0.15, 0.2) is 35.5 Å². The number of nitrogens with zero attached hydrogens (tertiary/aromatic N) is 2. The fraction of sp³-hybridized carbons (Fsp3) is 0.822. The van der Waals surface area contributed by atoms with Crippen molar-refractivity contribution in [1.82, 2.24) is 4.90 Å². The molecule has 0 unspecified atom stereocenters. The Hall–Kier alpha value is -2.48. The van der Waals surface area contributed by atoms with Crippen LogP contribution in [0.2, 0.25) is 0 Å².